The number of aromatic nitrogens is 2. The van der Waals surface area contributed by atoms with Crippen LogP contribution in [0, 0.1) is 0 Å². The summed E-state index contributed by atoms with van der Waals surface area (Å²) in [5, 5.41) is 3.19. The highest BCUT2D eigenvalue weighted by Gasteiger charge is 2.12. The summed E-state index contributed by atoms with van der Waals surface area (Å²) in [6.45, 7) is 0. The van der Waals surface area contributed by atoms with Crippen LogP contribution in [0.1, 0.15) is 10.4 Å². The highest BCUT2D eigenvalue weighted by molar-refractivity contribution is 5.91. The van der Waals surface area contributed by atoms with Crippen molar-refractivity contribution in [2.75, 3.05) is 26.6 Å². The third-order valence-electron chi connectivity index (χ3n) is 3.94. The Labute approximate surface area is 156 Å². The Morgan fingerprint density at radius 1 is 0.926 bits per heavy atom. The van der Waals surface area contributed by atoms with Crippen LogP contribution in [0.5, 0.6) is 11.5 Å². The molecule has 7 heteroatoms. The van der Waals surface area contributed by atoms with Crippen LogP contribution in [0.15, 0.2) is 54.9 Å². The Balaban J connectivity index is 1.92. The summed E-state index contributed by atoms with van der Waals surface area (Å²) in [6.07, 6.45) is 1.47. The van der Waals surface area contributed by atoms with Crippen LogP contribution in [0.4, 0.5) is 11.5 Å². The molecule has 0 amide bonds. The van der Waals surface area contributed by atoms with E-state index in [9.17, 15) is 4.79 Å². The van der Waals surface area contributed by atoms with Gasteiger partial charge in [-0.15, -0.1) is 0 Å². The topological polar surface area (TPSA) is 82.6 Å². The molecule has 0 fully saturated rings. The molecule has 27 heavy (non-hydrogen) atoms. The lowest BCUT2D eigenvalue weighted by atomic mass is 10.1. The fourth-order valence-electron chi connectivity index (χ4n) is 2.61. The first-order valence-electron chi connectivity index (χ1n) is 8.15. The van der Waals surface area contributed by atoms with Gasteiger partial charge in [0.1, 0.15) is 23.6 Å². The van der Waals surface area contributed by atoms with Crippen molar-refractivity contribution in [3.63, 3.8) is 0 Å². The standard InChI is InChI=1S/C20H19N3O4/c1-25-17-7-5-4-6-14(17)16-11-19(22-12-21-16)23-15-9-8-13(20(24)27-3)10-18(15)26-2/h4-12H,1-3H3,(H,21,22,23). The van der Waals surface area contributed by atoms with Crippen LogP contribution in [-0.4, -0.2) is 37.3 Å². The lowest BCUT2D eigenvalue weighted by Crippen LogP contribution is -2.03. The third-order valence-corrected chi connectivity index (χ3v) is 3.94. The summed E-state index contributed by atoms with van der Waals surface area (Å²) in [4.78, 5) is 20.3. The largest absolute Gasteiger partial charge is 0.496 e. The van der Waals surface area contributed by atoms with Crippen LogP contribution >= 0.6 is 0 Å². The number of hydrogen-bond acceptors (Lipinski definition) is 7. The quantitative estimate of drug-likeness (QED) is 0.667. The maximum atomic E-state index is 11.7. The molecule has 3 aromatic rings. The SMILES string of the molecule is COC(=O)c1ccc(Nc2cc(-c3ccccc3OC)ncn2)c(OC)c1. The summed E-state index contributed by atoms with van der Waals surface area (Å²) in [5.41, 5.74) is 2.64. The molecule has 1 aromatic heterocycles. The molecule has 0 saturated carbocycles. The normalized spacial score (nSPS) is 10.2. The van der Waals surface area contributed by atoms with E-state index in [0.29, 0.717) is 22.8 Å². The van der Waals surface area contributed by atoms with Crippen LogP contribution < -0.4 is 14.8 Å². The Kier molecular flexibility index (Phi) is 5.51. The first-order chi connectivity index (χ1) is 13.2. The number of esters is 1. The van der Waals surface area contributed by atoms with E-state index in [1.165, 1.54) is 20.5 Å². The molecule has 0 radical (unpaired) electrons. The van der Waals surface area contributed by atoms with E-state index in [1.54, 1.807) is 25.3 Å². The van der Waals surface area contributed by atoms with Crippen molar-refractivity contribution < 1.29 is 19.0 Å². The highest BCUT2D eigenvalue weighted by atomic mass is 16.5. The Bertz CT molecular complexity index is 959. The number of anilines is 2. The average molecular weight is 365 g/mol. The minimum absolute atomic E-state index is 0.400. The van der Waals surface area contributed by atoms with Gasteiger partial charge < -0.3 is 19.5 Å². The van der Waals surface area contributed by atoms with Crippen LogP contribution in [0.25, 0.3) is 11.3 Å². The van der Waals surface area contributed by atoms with Gasteiger partial charge in [0.2, 0.25) is 0 Å². The lowest BCUT2D eigenvalue weighted by molar-refractivity contribution is 0.0600. The van der Waals surface area contributed by atoms with Crippen molar-refractivity contribution in [2.45, 2.75) is 0 Å². The number of carbonyl (C=O) groups excluding carboxylic acids is 1. The Hall–Kier alpha value is -3.61. The molecule has 0 spiro atoms. The zero-order valence-corrected chi connectivity index (χ0v) is 15.2. The number of ether oxygens (including phenoxy) is 3. The number of methoxy groups -OCH3 is 3. The van der Waals surface area contributed by atoms with E-state index in [4.69, 9.17) is 14.2 Å². The van der Waals surface area contributed by atoms with Crippen LogP contribution in [0.3, 0.4) is 0 Å². The summed E-state index contributed by atoms with van der Waals surface area (Å²) in [7, 11) is 4.48. The number of para-hydroxylation sites is 1. The molecule has 0 bridgehead atoms. The van der Waals surface area contributed by atoms with Gasteiger partial charge in [0.25, 0.3) is 0 Å². The maximum absolute atomic E-state index is 11.7. The first-order valence-corrected chi connectivity index (χ1v) is 8.15. The van der Waals surface area contributed by atoms with Crippen molar-refractivity contribution in [3.05, 3.63) is 60.4 Å². The van der Waals surface area contributed by atoms with Crippen LogP contribution in [-0.2, 0) is 4.74 Å². The van der Waals surface area contributed by atoms with Crippen LogP contribution in [0.2, 0.25) is 0 Å². The van der Waals surface area contributed by atoms with Crippen molar-refractivity contribution in [3.8, 4) is 22.8 Å². The van der Waals surface area contributed by atoms with Gasteiger partial charge in [0.05, 0.1) is 38.3 Å². The van der Waals surface area contributed by atoms with Gasteiger partial charge >= 0.3 is 5.97 Å². The molecule has 0 saturated heterocycles. The second-order valence-electron chi connectivity index (χ2n) is 5.52. The van der Waals surface area contributed by atoms with Gasteiger partial charge in [-0.3, -0.25) is 0 Å². The summed E-state index contributed by atoms with van der Waals surface area (Å²) < 4.78 is 15.5. The summed E-state index contributed by atoms with van der Waals surface area (Å²) in [6, 6.07) is 14.4. The van der Waals surface area contributed by atoms with Gasteiger partial charge in [-0.2, -0.15) is 0 Å². The fraction of sp³-hybridized carbons (Fsp3) is 0.150. The summed E-state index contributed by atoms with van der Waals surface area (Å²) >= 11 is 0. The maximum Gasteiger partial charge on any atom is 0.337 e. The number of nitrogens with one attached hydrogen (secondary N) is 1. The smallest absolute Gasteiger partial charge is 0.337 e. The van der Waals surface area contributed by atoms with E-state index in [0.717, 1.165) is 17.0 Å². The first kappa shape index (κ1) is 18.2. The molecule has 138 valence electrons. The molecule has 1 heterocycles. The summed E-state index contributed by atoms with van der Waals surface area (Å²) in [5.74, 6) is 1.37. The molecule has 0 atom stereocenters. The highest BCUT2D eigenvalue weighted by Crippen LogP contribution is 2.31. The predicted octanol–water partition coefficient (Wildman–Crippen LogP) is 3.69. The molecule has 2 aromatic carbocycles. The second kappa shape index (κ2) is 8.18. The number of benzene rings is 2. The minimum atomic E-state index is -0.430. The van der Waals surface area contributed by atoms with Gasteiger partial charge in [0, 0.05) is 11.6 Å². The number of carbonyl (C=O) groups is 1. The Morgan fingerprint density at radius 3 is 2.44 bits per heavy atom. The van der Waals surface area contributed by atoms with E-state index in [1.807, 2.05) is 30.3 Å². The third kappa shape index (κ3) is 3.98. The zero-order valence-electron chi connectivity index (χ0n) is 15.2. The van der Waals surface area contributed by atoms with Gasteiger partial charge in [0.15, 0.2) is 0 Å². The van der Waals surface area contributed by atoms with Gasteiger partial charge in [-0.05, 0) is 30.3 Å². The number of hydrogen-bond donors (Lipinski definition) is 1. The zero-order chi connectivity index (χ0) is 19.2. The van der Waals surface area contributed by atoms with E-state index < -0.39 is 5.97 Å². The lowest BCUT2D eigenvalue weighted by Gasteiger charge is -2.13. The van der Waals surface area contributed by atoms with Crippen molar-refractivity contribution >= 4 is 17.5 Å². The van der Waals surface area contributed by atoms with Crippen molar-refractivity contribution in [1.29, 1.82) is 0 Å². The number of nitrogens with zero attached hydrogens (tertiary/aromatic N) is 2. The van der Waals surface area contributed by atoms with Crippen molar-refractivity contribution in [1.82, 2.24) is 9.97 Å². The minimum Gasteiger partial charge on any atom is -0.496 e. The molecule has 7 nitrogen and oxygen atoms in total. The molecule has 3 rings (SSSR count). The molecule has 0 aliphatic rings. The van der Waals surface area contributed by atoms with Gasteiger partial charge in [-0.25, -0.2) is 14.8 Å². The van der Waals surface area contributed by atoms with Crippen molar-refractivity contribution in [2.24, 2.45) is 0 Å². The van der Waals surface area contributed by atoms with E-state index in [2.05, 4.69) is 15.3 Å². The molecule has 1 N–H and O–H groups in total. The predicted molar refractivity (Wildman–Crippen MR) is 102 cm³/mol. The van der Waals surface area contributed by atoms with Gasteiger partial charge in [-0.1, -0.05) is 12.1 Å². The van der Waals surface area contributed by atoms with E-state index >= 15 is 0 Å². The molecule has 0 unspecified atom stereocenters. The average Bonchev–Trinajstić information content (AvgIpc) is 2.73. The fourth-order valence-corrected chi connectivity index (χ4v) is 2.61. The molecular weight excluding hydrogens is 346 g/mol. The molecule has 0 aliphatic carbocycles. The van der Waals surface area contributed by atoms with E-state index in [-0.39, 0.29) is 0 Å². The number of rotatable bonds is 6. The molecule has 0 aliphatic heterocycles. The molecular formula is C20H19N3O4. The Morgan fingerprint density at radius 2 is 1.70 bits per heavy atom. The monoisotopic (exact) mass is 365 g/mol. The second-order valence-corrected chi connectivity index (χ2v) is 5.52.